The van der Waals surface area contributed by atoms with E-state index >= 15 is 0 Å². The first-order chi connectivity index (χ1) is 14.9. The second kappa shape index (κ2) is 8.84. The summed E-state index contributed by atoms with van der Waals surface area (Å²) in [6.07, 6.45) is 3.78. The molecule has 1 aromatic carbocycles. The first-order valence-electron chi connectivity index (χ1n) is 10.6. The zero-order chi connectivity index (χ0) is 22.0. The SMILES string of the molecule is CCOC(=O)c1ccc(S(=O)(=O)N2CCC[C@H]2C(=O)N[C@H]2CCCc3ccccc32)o1. The minimum absolute atomic E-state index is 0.123. The lowest BCUT2D eigenvalue weighted by Crippen LogP contribution is -2.47. The molecule has 0 bridgehead atoms. The highest BCUT2D eigenvalue weighted by molar-refractivity contribution is 7.89. The third-order valence-corrected chi connectivity index (χ3v) is 7.60. The van der Waals surface area contributed by atoms with Gasteiger partial charge in [-0.1, -0.05) is 24.3 Å². The average Bonchev–Trinajstić information content (AvgIpc) is 3.45. The molecular formula is C22H26N2O6S. The lowest BCUT2D eigenvalue weighted by atomic mass is 9.87. The van der Waals surface area contributed by atoms with E-state index in [1.807, 2.05) is 18.2 Å². The Labute approximate surface area is 181 Å². The van der Waals surface area contributed by atoms with E-state index in [0.717, 1.165) is 24.8 Å². The summed E-state index contributed by atoms with van der Waals surface area (Å²) in [6, 6.07) is 9.59. The van der Waals surface area contributed by atoms with Gasteiger partial charge in [-0.15, -0.1) is 0 Å². The molecule has 1 amide bonds. The molecule has 1 aliphatic heterocycles. The van der Waals surface area contributed by atoms with Crippen molar-refractivity contribution in [2.75, 3.05) is 13.2 Å². The second-order valence-corrected chi connectivity index (χ2v) is 9.59. The predicted octanol–water partition coefficient (Wildman–Crippen LogP) is 2.80. The van der Waals surface area contributed by atoms with E-state index in [1.165, 1.54) is 22.0 Å². The molecule has 4 rings (SSSR count). The minimum atomic E-state index is -4.06. The molecule has 1 aromatic heterocycles. The number of carbonyl (C=O) groups is 2. The van der Waals surface area contributed by atoms with E-state index in [9.17, 15) is 18.0 Å². The number of hydrogen-bond donors (Lipinski definition) is 1. The van der Waals surface area contributed by atoms with Crippen LogP contribution in [0.5, 0.6) is 0 Å². The fourth-order valence-corrected chi connectivity index (χ4v) is 5.92. The van der Waals surface area contributed by atoms with Crippen molar-refractivity contribution in [3.05, 3.63) is 53.3 Å². The van der Waals surface area contributed by atoms with Crippen LogP contribution in [0.25, 0.3) is 0 Å². The first-order valence-corrected chi connectivity index (χ1v) is 12.0. The number of carbonyl (C=O) groups excluding carboxylic acids is 2. The third-order valence-electron chi connectivity index (χ3n) is 5.81. The zero-order valence-electron chi connectivity index (χ0n) is 17.4. The Balaban J connectivity index is 1.51. The molecule has 31 heavy (non-hydrogen) atoms. The molecule has 166 valence electrons. The number of amides is 1. The van der Waals surface area contributed by atoms with Crippen molar-refractivity contribution in [3.8, 4) is 0 Å². The van der Waals surface area contributed by atoms with Gasteiger partial charge in [-0.2, -0.15) is 4.31 Å². The van der Waals surface area contributed by atoms with Crippen molar-refractivity contribution in [1.82, 2.24) is 9.62 Å². The summed E-state index contributed by atoms with van der Waals surface area (Å²) in [5.41, 5.74) is 2.32. The fourth-order valence-electron chi connectivity index (χ4n) is 4.35. The van der Waals surface area contributed by atoms with E-state index in [0.29, 0.717) is 12.8 Å². The number of nitrogens with zero attached hydrogens (tertiary/aromatic N) is 1. The number of aryl methyl sites for hydroxylation is 1. The van der Waals surface area contributed by atoms with E-state index in [1.54, 1.807) is 6.92 Å². The Morgan fingerprint density at radius 2 is 1.97 bits per heavy atom. The molecule has 1 fully saturated rings. The molecule has 1 saturated heterocycles. The van der Waals surface area contributed by atoms with Gasteiger partial charge in [0.2, 0.25) is 16.8 Å². The van der Waals surface area contributed by atoms with Crippen LogP contribution in [0.2, 0.25) is 0 Å². The van der Waals surface area contributed by atoms with Crippen LogP contribution in [0.4, 0.5) is 0 Å². The van der Waals surface area contributed by atoms with Crippen LogP contribution in [0.15, 0.2) is 45.9 Å². The Kier molecular flexibility index (Phi) is 6.15. The predicted molar refractivity (Wildman–Crippen MR) is 112 cm³/mol. The van der Waals surface area contributed by atoms with Crippen molar-refractivity contribution in [3.63, 3.8) is 0 Å². The van der Waals surface area contributed by atoms with Gasteiger partial charge in [-0.05, 0) is 62.3 Å². The molecule has 0 radical (unpaired) electrons. The molecule has 0 saturated carbocycles. The van der Waals surface area contributed by atoms with E-state index in [2.05, 4.69) is 11.4 Å². The lowest BCUT2D eigenvalue weighted by Gasteiger charge is -2.29. The molecule has 2 aliphatic rings. The molecule has 2 aromatic rings. The van der Waals surface area contributed by atoms with Crippen molar-refractivity contribution < 1.29 is 27.2 Å². The number of fused-ring (bicyclic) bond motifs is 1. The van der Waals surface area contributed by atoms with Crippen LogP contribution in [0.3, 0.4) is 0 Å². The van der Waals surface area contributed by atoms with Gasteiger partial charge < -0.3 is 14.5 Å². The minimum Gasteiger partial charge on any atom is -0.460 e. The molecule has 9 heteroatoms. The molecule has 2 atom stereocenters. The smallest absolute Gasteiger partial charge is 0.374 e. The molecule has 1 N–H and O–H groups in total. The van der Waals surface area contributed by atoms with Gasteiger partial charge in [0.1, 0.15) is 6.04 Å². The van der Waals surface area contributed by atoms with Crippen LogP contribution in [0.1, 0.15) is 60.3 Å². The molecule has 1 aliphatic carbocycles. The lowest BCUT2D eigenvalue weighted by molar-refractivity contribution is -0.125. The van der Waals surface area contributed by atoms with E-state index < -0.39 is 22.0 Å². The summed E-state index contributed by atoms with van der Waals surface area (Å²) in [4.78, 5) is 24.9. The molecule has 0 spiro atoms. The van der Waals surface area contributed by atoms with Gasteiger partial charge in [-0.25, -0.2) is 13.2 Å². The van der Waals surface area contributed by atoms with Gasteiger partial charge in [-0.3, -0.25) is 4.79 Å². The summed E-state index contributed by atoms with van der Waals surface area (Å²) in [5.74, 6) is -1.21. The topological polar surface area (TPSA) is 106 Å². The summed E-state index contributed by atoms with van der Waals surface area (Å²) in [6.45, 7) is 2.02. The highest BCUT2D eigenvalue weighted by Crippen LogP contribution is 2.32. The van der Waals surface area contributed by atoms with Gasteiger partial charge >= 0.3 is 5.97 Å². The number of ether oxygens (including phenoxy) is 1. The number of benzene rings is 1. The normalized spacial score (nSPS) is 21.5. The maximum absolute atomic E-state index is 13.1. The highest BCUT2D eigenvalue weighted by atomic mass is 32.2. The first kappa shape index (κ1) is 21.6. The molecular weight excluding hydrogens is 420 g/mol. The van der Waals surface area contributed by atoms with Crippen LogP contribution in [0, 0.1) is 0 Å². The quantitative estimate of drug-likeness (QED) is 0.684. The van der Waals surface area contributed by atoms with E-state index in [-0.39, 0.29) is 36.0 Å². The number of sulfonamides is 1. The number of furan rings is 1. The summed E-state index contributed by atoms with van der Waals surface area (Å²) in [7, 11) is -4.06. The molecule has 0 unspecified atom stereocenters. The van der Waals surface area contributed by atoms with Crippen molar-refractivity contribution in [2.24, 2.45) is 0 Å². The van der Waals surface area contributed by atoms with Crippen LogP contribution in [-0.4, -0.2) is 43.8 Å². The second-order valence-electron chi connectivity index (χ2n) is 7.77. The molecule has 2 heterocycles. The van der Waals surface area contributed by atoms with Crippen LogP contribution >= 0.6 is 0 Å². The summed E-state index contributed by atoms with van der Waals surface area (Å²) < 4.78 is 37.5. The number of hydrogen-bond acceptors (Lipinski definition) is 6. The summed E-state index contributed by atoms with van der Waals surface area (Å²) >= 11 is 0. The molecule has 8 nitrogen and oxygen atoms in total. The number of nitrogens with one attached hydrogen (secondary N) is 1. The van der Waals surface area contributed by atoms with Crippen LogP contribution in [-0.2, 0) is 26.0 Å². The maximum atomic E-state index is 13.1. The Hall–Kier alpha value is -2.65. The highest BCUT2D eigenvalue weighted by Gasteiger charge is 2.42. The Morgan fingerprint density at radius 3 is 2.77 bits per heavy atom. The van der Waals surface area contributed by atoms with Crippen LogP contribution < -0.4 is 5.32 Å². The van der Waals surface area contributed by atoms with Gasteiger partial charge in [0.25, 0.3) is 10.0 Å². The van der Waals surface area contributed by atoms with Gasteiger partial charge in [0.05, 0.1) is 12.6 Å². The van der Waals surface area contributed by atoms with Crippen molar-refractivity contribution >= 4 is 21.9 Å². The third kappa shape index (κ3) is 4.24. The standard InChI is InChI=1S/C22H26N2O6S/c1-2-29-22(26)19-12-13-20(30-19)31(27,28)24-14-6-11-18(24)21(25)23-17-10-5-8-15-7-3-4-9-16(15)17/h3-4,7,9,12-13,17-18H,2,5-6,8,10-11,14H2,1H3,(H,23,25)/t17-,18-/m0/s1. The monoisotopic (exact) mass is 446 g/mol. The van der Waals surface area contributed by atoms with Gasteiger partial charge in [0, 0.05) is 6.54 Å². The zero-order valence-corrected chi connectivity index (χ0v) is 18.2. The summed E-state index contributed by atoms with van der Waals surface area (Å²) in [5, 5.41) is 2.70. The van der Waals surface area contributed by atoms with Gasteiger partial charge in [0.15, 0.2) is 0 Å². The number of rotatable bonds is 6. The Morgan fingerprint density at radius 1 is 1.16 bits per heavy atom. The maximum Gasteiger partial charge on any atom is 0.374 e. The largest absolute Gasteiger partial charge is 0.460 e. The number of esters is 1. The van der Waals surface area contributed by atoms with E-state index in [4.69, 9.17) is 9.15 Å². The fraction of sp³-hybridized carbons (Fsp3) is 0.455. The van der Waals surface area contributed by atoms with Crippen molar-refractivity contribution in [1.29, 1.82) is 0 Å². The van der Waals surface area contributed by atoms with Crippen molar-refractivity contribution in [2.45, 2.75) is 56.2 Å². The Bertz CT molecular complexity index is 1080. The average molecular weight is 447 g/mol.